The normalized spacial score (nSPS) is 22.7. The molecule has 1 atom stereocenters. The number of rotatable bonds is 5. The zero-order chi connectivity index (χ0) is 19.2. The minimum Gasteiger partial charge on any atom is -0.393 e. The van der Waals surface area contributed by atoms with E-state index in [4.69, 9.17) is 0 Å². The molecule has 2 aliphatic heterocycles. The lowest BCUT2D eigenvalue weighted by molar-refractivity contribution is -0.134. The van der Waals surface area contributed by atoms with Gasteiger partial charge >= 0.3 is 0 Å². The second-order valence-electron chi connectivity index (χ2n) is 7.67. The minimum absolute atomic E-state index is 0.0485. The second kappa shape index (κ2) is 9.33. The average molecular weight is 373 g/mol. The lowest BCUT2D eigenvalue weighted by Crippen LogP contribution is -2.47. The van der Waals surface area contributed by atoms with Crippen LogP contribution in [0.1, 0.15) is 38.2 Å². The fraction of sp³-hybridized carbons (Fsp3) is 0.619. The van der Waals surface area contributed by atoms with Gasteiger partial charge in [0.15, 0.2) is 0 Å². The third-order valence-electron chi connectivity index (χ3n) is 5.72. The van der Waals surface area contributed by atoms with Gasteiger partial charge in [0.25, 0.3) is 0 Å². The molecule has 3 rings (SSSR count). The van der Waals surface area contributed by atoms with Gasteiger partial charge in [0.1, 0.15) is 0 Å². The van der Waals surface area contributed by atoms with Crippen molar-refractivity contribution in [2.45, 2.75) is 51.3 Å². The van der Waals surface area contributed by atoms with Crippen LogP contribution < -0.4 is 0 Å². The highest BCUT2D eigenvalue weighted by molar-refractivity contribution is 5.81. The number of hydrogen-bond acceptors (Lipinski definition) is 4. The number of likely N-dealkylation sites (tertiary alicyclic amines) is 1. The summed E-state index contributed by atoms with van der Waals surface area (Å²) in [6.07, 6.45) is 2.44. The summed E-state index contributed by atoms with van der Waals surface area (Å²) >= 11 is 0. The zero-order valence-electron chi connectivity index (χ0n) is 16.2. The summed E-state index contributed by atoms with van der Waals surface area (Å²) in [6.45, 7) is 5.69. The molecule has 27 heavy (non-hydrogen) atoms. The Morgan fingerprint density at radius 2 is 1.85 bits per heavy atom. The van der Waals surface area contributed by atoms with Gasteiger partial charge in [-0.15, -0.1) is 0 Å². The first kappa shape index (κ1) is 19.8. The zero-order valence-corrected chi connectivity index (χ0v) is 16.2. The van der Waals surface area contributed by atoms with Gasteiger partial charge < -0.3 is 14.9 Å². The molecule has 6 heteroatoms. The van der Waals surface area contributed by atoms with E-state index in [1.165, 1.54) is 0 Å². The summed E-state index contributed by atoms with van der Waals surface area (Å²) in [4.78, 5) is 31.5. The molecular weight excluding hydrogens is 342 g/mol. The number of aliphatic hydroxyl groups is 1. The summed E-state index contributed by atoms with van der Waals surface area (Å²) in [6, 6.07) is 10.1. The second-order valence-corrected chi connectivity index (χ2v) is 7.67. The number of hydrogen-bond donors (Lipinski definition) is 1. The van der Waals surface area contributed by atoms with Crippen LogP contribution in [0.5, 0.6) is 0 Å². The maximum Gasteiger partial charge on any atom is 0.236 e. The molecule has 1 aromatic carbocycles. The van der Waals surface area contributed by atoms with E-state index in [0.717, 1.165) is 37.9 Å². The predicted molar refractivity (Wildman–Crippen MR) is 104 cm³/mol. The summed E-state index contributed by atoms with van der Waals surface area (Å²) in [5.41, 5.74) is 1.12. The van der Waals surface area contributed by atoms with Crippen molar-refractivity contribution in [3.8, 4) is 0 Å². The monoisotopic (exact) mass is 373 g/mol. The SMILES string of the molecule is CCC1CN(C(=O)CN2CCC(O)CC2)CCC(=O)N1Cc1ccccc1. The maximum atomic E-state index is 12.8. The minimum atomic E-state index is -0.233. The van der Waals surface area contributed by atoms with Crippen molar-refractivity contribution in [2.24, 2.45) is 0 Å². The number of aliphatic hydroxyl groups excluding tert-OH is 1. The lowest BCUT2D eigenvalue weighted by atomic mass is 10.1. The molecule has 2 amide bonds. The first-order chi connectivity index (χ1) is 13.1. The fourth-order valence-corrected chi connectivity index (χ4v) is 3.96. The molecule has 0 aromatic heterocycles. The Hall–Kier alpha value is -1.92. The van der Waals surface area contributed by atoms with E-state index < -0.39 is 0 Å². The van der Waals surface area contributed by atoms with Gasteiger partial charge in [0.2, 0.25) is 11.8 Å². The van der Waals surface area contributed by atoms with Crippen molar-refractivity contribution < 1.29 is 14.7 Å². The highest BCUT2D eigenvalue weighted by Gasteiger charge is 2.31. The van der Waals surface area contributed by atoms with E-state index >= 15 is 0 Å². The molecular formula is C21H31N3O3. The standard InChI is InChI=1S/C21H31N3O3/c1-2-18-15-23(21(27)16-22-11-8-19(25)9-12-22)13-10-20(26)24(18)14-17-6-4-3-5-7-17/h3-7,18-19,25H,2,8-16H2,1H3. The van der Waals surface area contributed by atoms with Crippen molar-refractivity contribution in [1.82, 2.24) is 14.7 Å². The smallest absolute Gasteiger partial charge is 0.236 e. The molecule has 1 unspecified atom stereocenters. The molecule has 1 N–H and O–H groups in total. The van der Waals surface area contributed by atoms with Crippen molar-refractivity contribution >= 4 is 11.8 Å². The van der Waals surface area contributed by atoms with Crippen LogP contribution in [-0.2, 0) is 16.1 Å². The predicted octanol–water partition coefficient (Wildman–Crippen LogP) is 1.48. The van der Waals surface area contributed by atoms with Crippen LogP contribution in [0.4, 0.5) is 0 Å². The van der Waals surface area contributed by atoms with Gasteiger partial charge in [0, 0.05) is 45.2 Å². The molecule has 148 valence electrons. The number of carbonyl (C=O) groups excluding carboxylic acids is 2. The van der Waals surface area contributed by atoms with Gasteiger partial charge in [-0.3, -0.25) is 14.5 Å². The van der Waals surface area contributed by atoms with Crippen LogP contribution in [0.3, 0.4) is 0 Å². The van der Waals surface area contributed by atoms with Gasteiger partial charge in [0.05, 0.1) is 12.6 Å². The Balaban J connectivity index is 1.62. The van der Waals surface area contributed by atoms with E-state index in [2.05, 4.69) is 11.8 Å². The molecule has 2 heterocycles. The van der Waals surface area contributed by atoms with Gasteiger partial charge in [-0.1, -0.05) is 37.3 Å². The van der Waals surface area contributed by atoms with Crippen molar-refractivity contribution in [1.29, 1.82) is 0 Å². The summed E-state index contributed by atoms with van der Waals surface area (Å²) < 4.78 is 0. The van der Waals surface area contributed by atoms with E-state index in [0.29, 0.717) is 32.6 Å². The Bertz CT molecular complexity index is 629. The van der Waals surface area contributed by atoms with E-state index in [-0.39, 0.29) is 24.0 Å². The highest BCUT2D eigenvalue weighted by atomic mass is 16.3. The molecule has 2 saturated heterocycles. The molecule has 0 spiro atoms. The quantitative estimate of drug-likeness (QED) is 0.849. The molecule has 1 aromatic rings. The van der Waals surface area contributed by atoms with Gasteiger partial charge in [-0.2, -0.15) is 0 Å². The summed E-state index contributed by atoms with van der Waals surface area (Å²) in [5, 5.41) is 9.63. The van der Waals surface area contributed by atoms with Gasteiger partial charge in [-0.25, -0.2) is 0 Å². The van der Waals surface area contributed by atoms with Crippen LogP contribution in [-0.4, -0.2) is 76.5 Å². The van der Waals surface area contributed by atoms with E-state index in [1.54, 1.807) is 0 Å². The molecule has 0 saturated carbocycles. The van der Waals surface area contributed by atoms with Gasteiger partial charge in [-0.05, 0) is 24.8 Å². The van der Waals surface area contributed by atoms with Crippen LogP contribution in [0.2, 0.25) is 0 Å². The van der Waals surface area contributed by atoms with Crippen LogP contribution in [0.25, 0.3) is 0 Å². The van der Waals surface area contributed by atoms with E-state index in [1.807, 2.05) is 40.1 Å². The Morgan fingerprint density at radius 1 is 1.15 bits per heavy atom. The number of benzene rings is 1. The van der Waals surface area contributed by atoms with Crippen molar-refractivity contribution in [2.75, 3.05) is 32.7 Å². The number of nitrogens with zero attached hydrogens (tertiary/aromatic N) is 3. The maximum absolute atomic E-state index is 12.8. The van der Waals surface area contributed by atoms with Crippen molar-refractivity contribution in [3.05, 3.63) is 35.9 Å². The molecule has 0 aliphatic carbocycles. The number of amides is 2. The first-order valence-corrected chi connectivity index (χ1v) is 10.1. The fourth-order valence-electron chi connectivity index (χ4n) is 3.96. The van der Waals surface area contributed by atoms with Crippen molar-refractivity contribution in [3.63, 3.8) is 0 Å². The Morgan fingerprint density at radius 3 is 2.52 bits per heavy atom. The molecule has 2 fully saturated rings. The molecule has 0 bridgehead atoms. The Kier molecular flexibility index (Phi) is 6.85. The third kappa shape index (κ3) is 5.30. The average Bonchev–Trinajstić information content (AvgIpc) is 2.84. The number of carbonyl (C=O) groups is 2. The van der Waals surface area contributed by atoms with Crippen LogP contribution in [0, 0.1) is 0 Å². The molecule has 6 nitrogen and oxygen atoms in total. The summed E-state index contributed by atoms with van der Waals surface area (Å²) in [7, 11) is 0. The highest BCUT2D eigenvalue weighted by Crippen LogP contribution is 2.18. The third-order valence-corrected chi connectivity index (χ3v) is 5.72. The first-order valence-electron chi connectivity index (χ1n) is 10.1. The Labute approximate surface area is 161 Å². The number of piperidine rings is 1. The largest absolute Gasteiger partial charge is 0.393 e. The van der Waals surface area contributed by atoms with Crippen LogP contribution >= 0.6 is 0 Å². The lowest BCUT2D eigenvalue weighted by Gasteiger charge is -2.33. The molecule has 2 aliphatic rings. The summed E-state index contributed by atoms with van der Waals surface area (Å²) in [5.74, 6) is 0.223. The topological polar surface area (TPSA) is 64.1 Å². The molecule has 0 radical (unpaired) electrons. The van der Waals surface area contributed by atoms with Crippen LogP contribution in [0.15, 0.2) is 30.3 Å². The van der Waals surface area contributed by atoms with E-state index in [9.17, 15) is 14.7 Å².